The Labute approximate surface area is 169 Å². The van der Waals surface area contributed by atoms with Crippen molar-refractivity contribution in [1.29, 1.82) is 0 Å². The molecule has 2 aromatic carbocycles. The quantitative estimate of drug-likeness (QED) is 0.652. The predicted octanol–water partition coefficient (Wildman–Crippen LogP) is 2.30. The lowest BCUT2D eigenvalue weighted by Gasteiger charge is -2.28. The summed E-state index contributed by atoms with van der Waals surface area (Å²) < 4.78 is 16.1. The maximum absolute atomic E-state index is 9.10. The van der Waals surface area contributed by atoms with Crippen molar-refractivity contribution in [3.05, 3.63) is 53.1 Å². The minimum atomic E-state index is -1.82. The van der Waals surface area contributed by atoms with E-state index in [9.17, 15) is 0 Å². The summed E-state index contributed by atoms with van der Waals surface area (Å²) in [5.41, 5.74) is 3.91. The number of methoxy groups -OCH3 is 3. The lowest BCUT2D eigenvalue weighted by atomic mass is 9.90. The van der Waals surface area contributed by atoms with Crippen molar-refractivity contribution < 1.29 is 34.0 Å². The first-order valence-corrected chi connectivity index (χ1v) is 8.96. The summed E-state index contributed by atoms with van der Waals surface area (Å²) in [6.07, 6.45) is 1.95. The molecule has 0 amide bonds. The van der Waals surface area contributed by atoms with Gasteiger partial charge in [0, 0.05) is 6.04 Å². The topological polar surface area (TPSA) is 114 Å². The molecule has 8 nitrogen and oxygen atoms in total. The van der Waals surface area contributed by atoms with E-state index < -0.39 is 11.9 Å². The predicted molar refractivity (Wildman–Crippen MR) is 106 cm³/mol. The highest BCUT2D eigenvalue weighted by Gasteiger charge is 2.22. The number of nitrogens with one attached hydrogen (secondary N) is 1. The summed E-state index contributed by atoms with van der Waals surface area (Å²) in [6, 6.07) is 12.8. The number of carbonyl (C=O) groups is 2. The van der Waals surface area contributed by atoms with E-state index in [0.717, 1.165) is 36.6 Å². The second kappa shape index (κ2) is 10.3. The van der Waals surface area contributed by atoms with E-state index >= 15 is 0 Å². The highest BCUT2D eigenvalue weighted by atomic mass is 16.5. The van der Waals surface area contributed by atoms with Crippen LogP contribution in [0.3, 0.4) is 0 Å². The smallest absolute Gasteiger partial charge is 0.414 e. The average molecular weight is 403 g/mol. The van der Waals surface area contributed by atoms with E-state index in [2.05, 4.69) is 29.6 Å². The molecule has 29 heavy (non-hydrogen) atoms. The van der Waals surface area contributed by atoms with Crippen LogP contribution in [0, 0.1) is 0 Å². The maximum atomic E-state index is 9.10. The molecular weight excluding hydrogens is 378 g/mol. The Bertz CT molecular complexity index is 837. The first kappa shape index (κ1) is 22.0. The van der Waals surface area contributed by atoms with Crippen molar-refractivity contribution in [3.8, 4) is 17.2 Å². The Hall–Kier alpha value is -3.26. The zero-order valence-electron chi connectivity index (χ0n) is 16.6. The lowest BCUT2D eigenvalue weighted by Crippen LogP contribution is -2.31. The van der Waals surface area contributed by atoms with Gasteiger partial charge in [0.2, 0.25) is 0 Å². The van der Waals surface area contributed by atoms with Crippen molar-refractivity contribution >= 4 is 11.9 Å². The second-order valence-corrected chi connectivity index (χ2v) is 6.33. The average Bonchev–Trinajstić information content (AvgIpc) is 2.73. The summed E-state index contributed by atoms with van der Waals surface area (Å²) in [6.45, 7) is 0.976. The molecule has 0 aliphatic carbocycles. The third-order valence-corrected chi connectivity index (χ3v) is 4.59. The fourth-order valence-corrected chi connectivity index (χ4v) is 3.15. The molecule has 156 valence electrons. The van der Waals surface area contributed by atoms with Crippen LogP contribution in [0.2, 0.25) is 0 Å². The van der Waals surface area contributed by atoms with Gasteiger partial charge in [0.1, 0.15) is 5.75 Å². The van der Waals surface area contributed by atoms with Crippen molar-refractivity contribution in [3.63, 3.8) is 0 Å². The van der Waals surface area contributed by atoms with E-state index in [1.807, 2.05) is 12.1 Å². The number of benzene rings is 2. The van der Waals surface area contributed by atoms with E-state index in [1.165, 1.54) is 16.7 Å². The minimum absolute atomic E-state index is 0.284. The van der Waals surface area contributed by atoms with E-state index in [0.29, 0.717) is 0 Å². The number of hydrogen-bond acceptors (Lipinski definition) is 6. The molecule has 0 saturated carbocycles. The zero-order chi connectivity index (χ0) is 21.4. The molecule has 0 bridgehead atoms. The van der Waals surface area contributed by atoms with Gasteiger partial charge in [-0.05, 0) is 60.3 Å². The van der Waals surface area contributed by atoms with Gasteiger partial charge in [-0.25, -0.2) is 9.59 Å². The molecule has 2 aromatic rings. The van der Waals surface area contributed by atoms with Gasteiger partial charge in [-0.3, -0.25) is 0 Å². The first-order chi connectivity index (χ1) is 13.9. The maximum Gasteiger partial charge on any atom is 0.414 e. The number of fused-ring (bicyclic) bond motifs is 1. The molecule has 1 heterocycles. The van der Waals surface area contributed by atoms with Gasteiger partial charge < -0.3 is 29.7 Å². The standard InChI is InChI=1S/C19H23NO3.C2H2O4/c1-21-15-6-4-13(5-7-15)10-17-16-12-19(23-3)18(22-2)11-14(16)8-9-20-17;3-1(4)2(5)6/h4-7,11-12,17,20H,8-10H2,1-3H3;(H,3,4)(H,5,6)/t17-;/m0./s1. The molecule has 0 radical (unpaired) electrons. The van der Waals surface area contributed by atoms with Gasteiger partial charge >= 0.3 is 11.9 Å². The van der Waals surface area contributed by atoms with Crippen LogP contribution in [-0.2, 0) is 22.4 Å². The number of hydrogen-bond donors (Lipinski definition) is 3. The molecule has 0 fully saturated rings. The summed E-state index contributed by atoms with van der Waals surface area (Å²) in [4.78, 5) is 18.2. The number of carboxylic acid groups (broad SMARTS) is 2. The van der Waals surface area contributed by atoms with Crippen LogP contribution < -0.4 is 19.5 Å². The Morgan fingerprint density at radius 2 is 1.55 bits per heavy atom. The molecule has 1 atom stereocenters. The largest absolute Gasteiger partial charge is 0.497 e. The molecule has 0 spiro atoms. The van der Waals surface area contributed by atoms with Crippen molar-refractivity contribution in [2.24, 2.45) is 0 Å². The van der Waals surface area contributed by atoms with Crippen LogP contribution in [0.25, 0.3) is 0 Å². The van der Waals surface area contributed by atoms with Gasteiger partial charge in [-0.2, -0.15) is 0 Å². The van der Waals surface area contributed by atoms with Crippen LogP contribution in [0.4, 0.5) is 0 Å². The molecular formula is C21H25NO7. The third kappa shape index (κ3) is 5.86. The molecule has 1 aliphatic heterocycles. The van der Waals surface area contributed by atoms with Gasteiger partial charge in [0.25, 0.3) is 0 Å². The van der Waals surface area contributed by atoms with E-state index in [-0.39, 0.29) is 6.04 Å². The fourth-order valence-electron chi connectivity index (χ4n) is 3.15. The van der Waals surface area contributed by atoms with Crippen molar-refractivity contribution in [2.45, 2.75) is 18.9 Å². The molecule has 1 aliphatic rings. The fraction of sp³-hybridized carbons (Fsp3) is 0.333. The third-order valence-electron chi connectivity index (χ3n) is 4.59. The van der Waals surface area contributed by atoms with Crippen LogP contribution in [0.1, 0.15) is 22.7 Å². The molecule has 0 unspecified atom stereocenters. The van der Waals surface area contributed by atoms with Crippen LogP contribution >= 0.6 is 0 Å². The zero-order valence-corrected chi connectivity index (χ0v) is 16.6. The lowest BCUT2D eigenvalue weighted by molar-refractivity contribution is -0.159. The number of aliphatic carboxylic acids is 2. The second-order valence-electron chi connectivity index (χ2n) is 6.33. The molecule has 8 heteroatoms. The summed E-state index contributed by atoms with van der Waals surface area (Å²) in [7, 11) is 5.05. The molecule has 3 rings (SSSR count). The van der Waals surface area contributed by atoms with Gasteiger partial charge in [0.05, 0.1) is 21.3 Å². The number of carboxylic acids is 2. The van der Waals surface area contributed by atoms with Gasteiger partial charge in [-0.1, -0.05) is 12.1 Å². The van der Waals surface area contributed by atoms with Crippen molar-refractivity contribution in [1.82, 2.24) is 5.32 Å². The highest BCUT2D eigenvalue weighted by Crippen LogP contribution is 2.36. The summed E-state index contributed by atoms with van der Waals surface area (Å²) in [5.74, 6) is -1.17. The van der Waals surface area contributed by atoms with E-state index in [4.69, 9.17) is 34.0 Å². The van der Waals surface area contributed by atoms with Crippen LogP contribution in [0.5, 0.6) is 17.2 Å². The molecule has 0 aromatic heterocycles. The minimum Gasteiger partial charge on any atom is -0.497 e. The van der Waals surface area contributed by atoms with Crippen LogP contribution in [-0.4, -0.2) is 50.0 Å². The number of rotatable bonds is 5. The Morgan fingerprint density at radius 1 is 0.966 bits per heavy atom. The summed E-state index contributed by atoms with van der Waals surface area (Å²) >= 11 is 0. The van der Waals surface area contributed by atoms with Gasteiger partial charge in [0.15, 0.2) is 11.5 Å². The Morgan fingerprint density at radius 3 is 2.07 bits per heavy atom. The SMILES string of the molecule is COc1ccc(C[C@@H]2NCCc3cc(OC)c(OC)cc32)cc1.O=C(O)C(=O)O. The number of ether oxygens (including phenoxy) is 3. The summed E-state index contributed by atoms with van der Waals surface area (Å²) in [5, 5.41) is 18.4. The molecule has 0 saturated heterocycles. The Kier molecular flexibility index (Phi) is 7.85. The molecule has 3 N–H and O–H groups in total. The normalized spacial score (nSPS) is 14.7. The Balaban J connectivity index is 0.000000438. The van der Waals surface area contributed by atoms with Crippen molar-refractivity contribution in [2.75, 3.05) is 27.9 Å². The van der Waals surface area contributed by atoms with Crippen LogP contribution in [0.15, 0.2) is 36.4 Å². The monoisotopic (exact) mass is 403 g/mol. The van der Waals surface area contributed by atoms with Gasteiger partial charge in [-0.15, -0.1) is 0 Å². The first-order valence-electron chi connectivity index (χ1n) is 8.96. The van der Waals surface area contributed by atoms with E-state index in [1.54, 1.807) is 21.3 Å². The highest BCUT2D eigenvalue weighted by molar-refractivity contribution is 6.27.